The Bertz CT molecular complexity index is 347. The van der Waals surface area contributed by atoms with Crippen molar-refractivity contribution < 1.29 is 0 Å². The van der Waals surface area contributed by atoms with Gasteiger partial charge in [-0.15, -0.1) is 0 Å². The van der Waals surface area contributed by atoms with Crippen molar-refractivity contribution in [2.24, 2.45) is 0 Å². The molecule has 1 atom stereocenters. The lowest BCUT2D eigenvalue weighted by atomic mass is 10.1. The van der Waals surface area contributed by atoms with Crippen LogP contribution in [0.1, 0.15) is 23.9 Å². The van der Waals surface area contributed by atoms with Gasteiger partial charge in [-0.3, -0.25) is 4.90 Å². The Morgan fingerprint density at radius 3 is 2.50 bits per heavy atom. The normalized spacial score (nSPS) is 18.3. The van der Waals surface area contributed by atoms with Crippen LogP contribution in [0.4, 0.5) is 0 Å². The van der Waals surface area contributed by atoms with Crippen molar-refractivity contribution in [1.29, 1.82) is 5.26 Å². The minimum Gasteiger partial charge on any atom is -0.284 e. The summed E-state index contributed by atoms with van der Waals surface area (Å²) in [6.45, 7) is 3.85. The van der Waals surface area contributed by atoms with E-state index in [0.717, 1.165) is 24.5 Å². The van der Waals surface area contributed by atoms with Gasteiger partial charge in [0.2, 0.25) is 0 Å². The van der Waals surface area contributed by atoms with Crippen molar-refractivity contribution >= 4 is 0 Å². The fourth-order valence-corrected chi connectivity index (χ4v) is 1.51. The maximum Gasteiger partial charge on any atom is 0.126 e. The van der Waals surface area contributed by atoms with E-state index in [1.807, 2.05) is 6.92 Å². The highest BCUT2D eigenvalue weighted by Crippen LogP contribution is 2.23. The van der Waals surface area contributed by atoms with Crippen LogP contribution in [0.15, 0.2) is 12.4 Å². The fourth-order valence-electron chi connectivity index (χ4n) is 1.51. The molecule has 1 fully saturated rings. The second-order valence-electron chi connectivity index (χ2n) is 3.48. The Balaban J connectivity index is 2.19. The summed E-state index contributed by atoms with van der Waals surface area (Å²) in [4.78, 5) is 10.3. The van der Waals surface area contributed by atoms with Crippen molar-refractivity contribution in [3.8, 4) is 6.07 Å². The van der Waals surface area contributed by atoms with Gasteiger partial charge in [0.1, 0.15) is 11.9 Å². The number of rotatable bonds is 2. The molecule has 2 heterocycles. The molecule has 0 aromatic carbocycles. The molecule has 4 nitrogen and oxygen atoms in total. The monoisotopic (exact) mass is 188 g/mol. The molecule has 72 valence electrons. The molecule has 0 spiro atoms. The zero-order valence-corrected chi connectivity index (χ0v) is 8.14. The Morgan fingerprint density at radius 2 is 2.07 bits per heavy atom. The quantitative estimate of drug-likeness (QED) is 0.696. The minimum absolute atomic E-state index is 0.163. The Morgan fingerprint density at radius 1 is 1.43 bits per heavy atom. The highest BCUT2D eigenvalue weighted by atomic mass is 15.2. The number of hydrogen-bond donors (Lipinski definition) is 0. The first-order chi connectivity index (χ1) is 6.81. The van der Waals surface area contributed by atoms with Gasteiger partial charge >= 0.3 is 0 Å². The SMILES string of the molecule is Cc1ncc(C(C#N)N2CCC2)cn1. The third-order valence-electron chi connectivity index (χ3n) is 2.49. The van der Waals surface area contributed by atoms with E-state index in [1.54, 1.807) is 12.4 Å². The van der Waals surface area contributed by atoms with Gasteiger partial charge in [-0.25, -0.2) is 9.97 Å². The van der Waals surface area contributed by atoms with E-state index in [4.69, 9.17) is 5.26 Å². The van der Waals surface area contributed by atoms with Gasteiger partial charge in [-0.05, 0) is 13.3 Å². The maximum atomic E-state index is 9.04. The molecule has 4 heteroatoms. The molecule has 0 radical (unpaired) electrons. The van der Waals surface area contributed by atoms with E-state index >= 15 is 0 Å². The number of likely N-dealkylation sites (tertiary alicyclic amines) is 1. The second kappa shape index (κ2) is 3.72. The molecular weight excluding hydrogens is 176 g/mol. The first-order valence-electron chi connectivity index (χ1n) is 4.73. The van der Waals surface area contributed by atoms with Gasteiger partial charge in [0.05, 0.1) is 6.07 Å². The number of nitrogens with zero attached hydrogens (tertiary/aromatic N) is 4. The molecule has 0 amide bonds. The second-order valence-corrected chi connectivity index (χ2v) is 3.48. The molecule has 1 saturated heterocycles. The van der Waals surface area contributed by atoms with Crippen LogP contribution in [0.3, 0.4) is 0 Å². The molecule has 0 bridgehead atoms. The first kappa shape index (κ1) is 9.10. The lowest BCUT2D eigenvalue weighted by molar-refractivity contribution is 0.148. The van der Waals surface area contributed by atoms with E-state index in [0.29, 0.717) is 0 Å². The van der Waals surface area contributed by atoms with Crippen molar-refractivity contribution in [2.75, 3.05) is 13.1 Å². The summed E-state index contributed by atoms with van der Waals surface area (Å²) in [5.41, 5.74) is 0.901. The van der Waals surface area contributed by atoms with Crippen LogP contribution in [0.25, 0.3) is 0 Å². The molecule has 0 N–H and O–H groups in total. The molecule has 1 aliphatic rings. The van der Waals surface area contributed by atoms with E-state index in [9.17, 15) is 0 Å². The van der Waals surface area contributed by atoms with Gasteiger partial charge < -0.3 is 0 Å². The van der Waals surface area contributed by atoms with Crippen molar-refractivity contribution in [1.82, 2.24) is 14.9 Å². The number of nitriles is 1. The molecular formula is C10H12N4. The van der Waals surface area contributed by atoms with Crippen LogP contribution >= 0.6 is 0 Å². The lowest BCUT2D eigenvalue weighted by Gasteiger charge is -2.34. The maximum absolute atomic E-state index is 9.04. The summed E-state index contributed by atoms with van der Waals surface area (Å²) < 4.78 is 0. The predicted molar refractivity (Wildman–Crippen MR) is 51.3 cm³/mol. The van der Waals surface area contributed by atoms with Crippen molar-refractivity contribution in [2.45, 2.75) is 19.4 Å². The van der Waals surface area contributed by atoms with E-state index < -0.39 is 0 Å². The van der Waals surface area contributed by atoms with Crippen LogP contribution < -0.4 is 0 Å². The standard InChI is InChI=1S/C10H12N4/c1-8-12-6-9(7-13-8)10(5-11)14-3-2-4-14/h6-7,10H,2-4H2,1H3. The Kier molecular flexibility index (Phi) is 2.42. The van der Waals surface area contributed by atoms with Crippen molar-refractivity contribution in [3.63, 3.8) is 0 Å². The van der Waals surface area contributed by atoms with Gasteiger partial charge in [0.25, 0.3) is 0 Å². The number of aromatic nitrogens is 2. The molecule has 0 aliphatic carbocycles. The van der Waals surface area contributed by atoms with Gasteiger partial charge in [-0.2, -0.15) is 5.26 Å². The zero-order valence-electron chi connectivity index (χ0n) is 8.14. The molecule has 14 heavy (non-hydrogen) atoms. The Hall–Kier alpha value is -1.47. The van der Waals surface area contributed by atoms with Gasteiger partial charge in [0, 0.05) is 31.0 Å². The smallest absolute Gasteiger partial charge is 0.126 e. The molecule has 2 rings (SSSR count). The molecule has 1 aromatic rings. The summed E-state index contributed by atoms with van der Waals surface area (Å²) >= 11 is 0. The topological polar surface area (TPSA) is 52.8 Å². The van der Waals surface area contributed by atoms with E-state index in [2.05, 4.69) is 20.9 Å². The largest absolute Gasteiger partial charge is 0.284 e. The minimum atomic E-state index is -0.163. The fraction of sp³-hybridized carbons (Fsp3) is 0.500. The first-order valence-corrected chi connectivity index (χ1v) is 4.73. The van der Waals surface area contributed by atoms with E-state index in [1.165, 1.54) is 6.42 Å². The highest BCUT2D eigenvalue weighted by Gasteiger charge is 2.25. The van der Waals surface area contributed by atoms with Crippen LogP contribution in [-0.2, 0) is 0 Å². The third-order valence-corrected chi connectivity index (χ3v) is 2.49. The van der Waals surface area contributed by atoms with E-state index in [-0.39, 0.29) is 6.04 Å². The molecule has 1 aromatic heterocycles. The third kappa shape index (κ3) is 1.59. The van der Waals surface area contributed by atoms with Crippen LogP contribution in [0.5, 0.6) is 0 Å². The number of aryl methyl sites for hydroxylation is 1. The zero-order chi connectivity index (χ0) is 9.97. The average Bonchev–Trinajstić information content (AvgIpc) is 2.13. The summed E-state index contributed by atoms with van der Waals surface area (Å²) in [6.07, 6.45) is 4.67. The van der Waals surface area contributed by atoms with Gasteiger partial charge in [0.15, 0.2) is 0 Å². The average molecular weight is 188 g/mol. The Labute approximate surface area is 83.2 Å². The summed E-state index contributed by atoms with van der Waals surface area (Å²) in [7, 11) is 0. The molecule has 0 saturated carbocycles. The van der Waals surface area contributed by atoms with Crippen LogP contribution in [0.2, 0.25) is 0 Å². The van der Waals surface area contributed by atoms with Crippen LogP contribution in [-0.4, -0.2) is 28.0 Å². The summed E-state index contributed by atoms with van der Waals surface area (Å²) in [6, 6.07) is 2.12. The van der Waals surface area contributed by atoms with Gasteiger partial charge in [-0.1, -0.05) is 0 Å². The summed E-state index contributed by atoms with van der Waals surface area (Å²) in [5, 5.41) is 9.04. The summed E-state index contributed by atoms with van der Waals surface area (Å²) in [5.74, 6) is 0.744. The van der Waals surface area contributed by atoms with Crippen LogP contribution in [0, 0.1) is 18.3 Å². The molecule has 1 unspecified atom stereocenters. The highest BCUT2D eigenvalue weighted by molar-refractivity contribution is 5.19. The predicted octanol–water partition coefficient (Wildman–Crippen LogP) is 1.06. The number of hydrogen-bond acceptors (Lipinski definition) is 4. The van der Waals surface area contributed by atoms with Crippen molar-refractivity contribution in [3.05, 3.63) is 23.8 Å². The molecule has 1 aliphatic heterocycles. The lowest BCUT2D eigenvalue weighted by Crippen LogP contribution is -2.39.